The maximum atomic E-state index is 14.7. The van der Waals surface area contributed by atoms with Crippen LogP contribution in [0.4, 0.5) is 4.39 Å². The molecule has 0 amide bonds. The van der Waals surface area contributed by atoms with Gasteiger partial charge in [0.25, 0.3) is 0 Å². The Morgan fingerprint density at radius 2 is 2.25 bits per heavy atom. The van der Waals surface area contributed by atoms with Crippen LogP contribution in [0.1, 0.15) is 51.6 Å². The Bertz CT molecular complexity index is 513. The summed E-state index contributed by atoms with van der Waals surface area (Å²) in [4.78, 5) is 4.28. The first-order valence-electron chi connectivity index (χ1n) is 7.37. The lowest BCUT2D eigenvalue weighted by atomic mass is 9.59. The second kappa shape index (κ2) is 4.42. The molecule has 1 aliphatic heterocycles. The van der Waals surface area contributed by atoms with Crippen molar-refractivity contribution >= 4 is 0 Å². The molecule has 4 unspecified atom stereocenters. The van der Waals surface area contributed by atoms with Crippen LogP contribution in [-0.4, -0.2) is 16.8 Å². The molecule has 0 radical (unpaired) electrons. The molecule has 3 nitrogen and oxygen atoms in total. The molecule has 1 saturated carbocycles. The molecular formula is C16H23FN2O. The van der Waals surface area contributed by atoms with Gasteiger partial charge in [-0.25, -0.2) is 9.37 Å². The Balaban J connectivity index is 1.89. The summed E-state index contributed by atoms with van der Waals surface area (Å²) < 4.78 is 20.9. The minimum absolute atomic E-state index is 0.0799. The van der Waals surface area contributed by atoms with Gasteiger partial charge < -0.3 is 10.5 Å². The monoisotopic (exact) mass is 278 g/mol. The third kappa shape index (κ3) is 2.01. The standard InChI is InChI=1S/C16H23FN2O/c1-15(2,3)13(17)11-6-7-16(11)9-12(18)10-5-4-8-19-14(10)20-16/h4-5,8,11-13H,6-7,9,18H2,1-3H3. The van der Waals surface area contributed by atoms with Gasteiger partial charge in [0.05, 0.1) is 0 Å². The van der Waals surface area contributed by atoms with E-state index in [0.717, 1.165) is 18.4 Å². The van der Waals surface area contributed by atoms with Crippen LogP contribution in [0.3, 0.4) is 0 Å². The van der Waals surface area contributed by atoms with Crippen LogP contribution in [0.15, 0.2) is 18.3 Å². The number of nitrogens with zero attached hydrogens (tertiary/aromatic N) is 1. The quantitative estimate of drug-likeness (QED) is 0.856. The van der Waals surface area contributed by atoms with Crippen molar-refractivity contribution in [3.63, 3.8) is 0 Å². The Morgan fingerprint density at radius 1 is 1.50 bits per heavy atom. The van der Waals surface area contributed by atoms with Crippen LogP contribution < -0.4 is 10.5 Å². The zero-order chi connectivity index (χ0) is 14.5. The molecule has 2 heterocycles. The summed E-state index contributed by atoms with van der Waals surface area (Å²) in [6.07, 6.45) is 3.25. The van der Waals surface area contributed by atoms with Gasteiger partial charge in [-0.2, -0.15) is 0 Å². The van der Waals surface area contributed by atoms with Gasteiger partial charge in [-0.15, -0.1) is 0 Å². The van der Waals surface area contributed by atoms with Crippen molar-refractivity contribution in [3.05, 3.63) is 23.9 Å². The van der Waals surface area contributed by atoms with Gasteiger partial charge in [0.2, 0.25) is 5.88 Å². The van der Waals surface area contributed by atoms with Crippen molar-refractivity contribution in [1.29, 1.82) is 0 Å². The number of rotatable bonds is 1. The first-order chi connectivity index (χ1) is 9.33. The first-order valence-corrected chi connectivity index (χ1v) is 7.37. The van der Waals surface area contributed by atoms with Gasteiger partial charge in [-0.3, -0.25) is 0 Å². The summed E-state index contributed by atoms with van der Waals surface area (Å²) in [5.74, 6) is 0.515. The topological polar surface area (TPSA) is 48.1 Å². The van der Waals surface area contributed by atoms with Gasteiger partial charge in [0.1, 0.15) is 11.8 Å². The molecule has 1 spiro atoms. The predicted octanol–water partition coefficient (Wildman–Crippen LogP) is 3.40. The average Bonchev–Trinajstić information content (AvgIpc) is 2.36. The van der Waals surface area contributed by atoms with Crippen molar-refractivity contribution in [3.8, 4) is 5.88 Å². The molecular weight excluding hydrogens is 255 g/mol. The fraction of sp³-hybridized carbons (Fsp3) is 0.688. The number of alkyl halides is 1. The Morgan fingerprint density at radius 3 is 2.85 bits per heavy atom. The normalized spacial score (nSPS) is 34.0. The van der Waals surface area contributed by atoms with E-state index in [4.69, 9.17) is 10.5 Å². The van der Waals surface area contributed by atoms with Crippen molar-refractivity contribution in [2.75, 3.05) is 0 Å². The summed E-state index contributed by atoms with van der Waals surface area (Å²) in [5.41, 5.74) is 6.38. The van der Waals surface area contributed by atoms with E-state index in [9.17, 15) is 4.39 Å². The smallest absolute Gasteiger partial charge is 0.218 e. The number of nitrogens with two attached hydrogens (primary N) is 1. The number of pyridine rings is 1. The summed E-state index contributed by atoms with van der Waals surface area (Å²) in [5, 5.41) is 0. The highest BCUT2D eigenvalue weighted by Gasteiger charge is 2.57. The molecule has 110 valence electrons. The minimum atomic E-state index is -0.881. The van der Waals surface area contributed by atoms with E-state index in [1.807, 2.05) is 32.9 Å². The van der Waals surface area contributed by atoms with Crippen molar-refractivity contribution < 1.29 is 9.13 Å². The summed E-state index contributed by atoms with van der Waals surface area (Å²) in [6.45, 7) is 5.83. The molecule has 2 N–H and O–H groups in total. The second-order valence-corrected chi connectivity index (χ2v) is 7.29. The summed E-state index contributed by atoms with van der Waals surface area (Å²) >= 11 is 0. The molecule has 3 rings (SSSR count). The molecule has 0 saturated heterocycles. The van der Waals surface area contributed by atoms with Gasteiger partial charge in [-0.05, 0) is 24.3 Å². The third-order valence-corrected chi connectivity index (χ3v) is 4.80. The van der Waals surface area contributed by atoms with Crippen molar-refractivity contribution in [1.82, 2.24) is 4.98 Å². The Hall–Kier alpha value is -1.16. The van der Waals surface area contributed by atoms with Crippen LogP contribution in [0.25, 0.3) is 0 Å². The molecule has 4 atom stereocenters. The molecule has 1 aliphatic carbocycles. The number of fused-ring (bicyclic) bond motifs is 1. The first kappa shape index (κ1) is 13.8. The minimum Gasteiger partial charge on any atom is -0.470 e. The molecule has 1 fully saturated rings. The molecule has 0 aromatic carbocycles. The van der Waals surface area contributed by atoms with Gasteiger partial charge >= 0.3 is 0 Å². The number of hydrogen-bond donors (Lipinski definition) is 1. The fourth-order valence-electron chi connectivity index (χ4n) is 3.52. The van der Waals surface area contributed by atoms with E-state index in [1.165, 1.54) is 0 Å². The van der Waals surface area contributed by atoms with E-state index < -0.39 is 11.8 Å². The molecule has 1 aromatic rings. The number of ether oxygens (including phenoxy) is 1. The van der Waals surface area contributed by atoms with Crippen LogP contribution in [0, 0.1) is 11.3 Å². The summed E-state index contributed by atoms with van der Waals surface area (Å²) in [7, 11) is 0. The Labute approximate surface area is 119 Å². The predicted molar refractivity (Wildman–Crippen MR) is 76.2 cm³/mol. The summed E-state index contributed by atoms with van der Waals surface area (Å²) in [6, 6.07) is 3.71. The lowest BCUT2D eigenvalue weighted by Gasteiger charge is -2.55. The lowest BCUT2D eigenvalue weighted by Crippen LogP contribution is -2.60. The fourth-order valence-corrected chi connectivity index (χ4v) is 3.52. The van der Waals surface area contributed by atoms with Gasteiger partial charge in [0, 0.05) is 30.1 Å². The van der Waals surface area contributed by atoms with Gasteiger partial charge in [0.15, 0.2) is 0 Å². The number of aromatic nitrogens is 1. The maximum absolute atomic E-state index is 14.7. The molecule has 1 aromatic heterocycles. The number of halogens is 1. The van der Waals surface area contributed by atoms with E-state index in [0.29, 0.717) is 12.3 Å². The van der Waals surface area contributed by atoms with E-state index in [2.05, 4.69) is 4.98 Å². The zero-order valence-electron chi connectivity index (χ0n) is 12.4. The van der Waals surface area contributed by atoms with Gasteiger partial charge in [-0.1, -0.05) is 26.8 Å². The van der Waals surface area contributed by atoms with Crippen LogP contribution >= 0.6 is 0 Å². The van der Waals surface area contributed by atoms with Crippen LogP contribution in [0.5, 0.6) is 5.88 Å². The van der Waals surface area contributed by atoms with Crippen LogP contribution in [-0.2, 0) is 0 Å². The van der Waals surface area contributed by atoms with E-state index in [1.54, 1.807) is 6.20 Å². The molecule has 4 heteroatoms. The highest BCUT2D eigenvalue weighted by Crippen LogP contribution is 2.54. The van der Waals surface area contributed by atoms with Crippen LogP contribution in [0.2, 0.25) is 0 Å². The second-order valence-electron chi connectivity index (χ2n) is 7.29. The molecule has 20 heavy (non-hydrogen) atoms. The molecule has 0 bridgehead atoms. The van der Waals surface area contributed by atoms with Crippen molar-refractivity contribution in [2.24, 2.45) is 17.1 Å². The average molecular weight is 278 g/mol. The van der Waals surface area contributed by atoms with E-state index in [-0.39, 0.29) is 17.4 Å². The zero-order valence-corrected chi connectivity index (χ0v) is 12.4. The third-order valence-electron chi connectivity index (χ3n) is 4.80. The van der Waals surface area contributed by atoms with E-state index >= 15 is 0 Å². The SMILES string of the molecule is CC(C)(C)C(F)C1CCC12CC(N)c1cccnc1O2. The highest BCUT2D eigenvalue weighted by molar-refractivity contribution is 5.33. The number of hydrogen-bond acceptors (Lipinski definition) is 3. The Kier molecular flexibility index (Phi) is 3.05. The largest absolute Gasteiger partial charge is 0.470 e. The van der Waals surface area contributed by atoms with Crippen molar-refractivity contribution in [2.45, 2.75) is 57.8 Å². The maximum Gasteiger partial charge on any atom is 0.218 e. The lowest BCUT2D eigenvalue weighted by molar-refractivity contribution is -0.140. The highest BCUT2D eigenvalue weighted by atomic mass is 19.1. The molecule has 2 aliphatic rings.